The Labute approximate surface area is 177 Å². The fraction of sp³-hybridized carbons (Fsp3) is 0.200. The van der Waals surface area contributed by atoms with E-state index in [1.807, 2.05) is 60.7 Å². The Balaban J connectivity index is 1.50. The van der Waals surface area contributed by atoms with Crippen LogP contribution in [-0.2, 0) is 13.1 Å². The van der Waals surface area contributed by atoms with Crippen LogP contribution in [0.4, 0.5) is 0 Å². The lowest BCUT2D eigenvalue weighted by Gasteiger charge is -2.11. The minimum Gasteiger partial charge on any atom is -0.387 e. The van der Waals surface area contributed by atoms with Crippen LogP contribution in [0.5, 0.6) is 0 Å². The number of aliphatic hydroxyl groups is 1. The van der Waals surface area contributed by atoms with Crippen molar-refractivity contribution in [3.8, 4) is 11.3 Å². The second-order valence-corrected chi connectivity index (χ2v) is 7.43. The smallest absolute Gasteiger partial charge is 0.117 e. The molecule has 0 radical (unpaired) electrons. The van der Waals surface area contributed by atoms with E-state index in [1.165, 1.54) is 5.56 Å². The highest BCUT2D eigenvalue weighted by Crippen LogP contribution is 2.21. The molecule has 0 unspecified atom stereocenters. The first-order chi connectivity index (χ1) is 14.7. The van der Waals surface area contributed by atoms with Crippen LogP contribution in [-0.4, -0.2) is 26.6 Å². The molecule has 0 amide bonds. The van der Waals surface area contributed by atoms with E-state index in [0.29, 0.717) is 19.6 Å². The van der Waals surface area contributed by atoms with Gasteiger partial charge in [-0.2, -0.15) is 15.0 Å². The summed E-state index contributed by atoms with van der Waals surface area (Å²) in [5.74, 6) is 0. The zero-order valence-electron chi connectivity index (χ0n) is 17.1. The van der Waals surface area contributed by atoms with Gasteiger partial charge in [0.2, 0.25) is 0 Å². The van der Waals surface area contributed by atoms with E-state index in [0.717, 1.165) is 28.1 Å². The molecule has 4 rings (SSSR count). The Kier molecular flexibility index (Phi) is 6.32. The highest BCUT2D eigenvalue weighted by Gasteiger charge is 2.14. The Bertz CT molecular complexity index is 1060. The van der Waals surface area contributed by atoms with Crippen LogP contribution >= 0.6 is 0 Å². The number of aryl methyl sites for hydroxylation is 1. The van der Waals surface area contributed by atoms with Crippen LogP contribution in [0, 0.1) is 6.92 Å². The summed E-state index contributed by atoms with van der Waals surface area (Å²) in [4.78, 5) is 1.75. The third-order valence-electron chi connectivity index (χ3n) is 5.03. The maximum Gasteiger partial charge on any atom is 0.117 e. The fourth-order valence-corrected chi connectivity index (χ4v) is 3.37. The first-order valence-electron chi connectivity index (χ1n) is 10.2. The van der Waals surface area contributed by atoms with E-state index in [-0.39, 0.29) is 0 Å². The van der Waals surface area contributed by atoms with Gasteiger partial charge in [0.15, 0.2) is 0 Å². The van der Waals surface area contributed by atoms with Gasteiger partial charge >= 0.3 is 0 Å². The molecular formula is C25H26N4O. The van der Waals surface area contributed by atoms with Gasteiger partial charge in [-0.3, -0.25) is 0 Å². The van der Waals surface area contributed by atoms with Gasteiger partial charge in [0.05, 0.1) is 12.6 Å². The maximum absolute atomic E-state index is 10.4. The summed E-state index contributed by atoms with van der Waals surface area (Å²) < 4.78 is 0. The standard InChI is InChI=1S/C25H26N4O/c1-19-12-14-20(15-13-19)18-29-27-23(25(28-29)22-10-6-3-7-11-22)16-26-17-24(30)21-8-4-2-5-9-21/h2-15,24,26,30H,16-18H2,1H3/t24-/m1/s1. The van der Waals surface area contributed by atoms with E-state index in [4.69, 9.17) is 10.2 Å². The van der Waals surface area contributed by atoms with Gasteiger partial charge in [-0.05, 0) is 18.1 Å². The monoisotopic (exact) mass is 398 g/mol. The molecule has 0 spiro atoms. The molecule has 0 aliphatic carbocycles. The van der Waals surface area contributed by atoms with Gasteiger partial charge in [0.1, 0.15) is 11.4 Å². The number of aliphatic hydroxyl groups excluding tert-OH is 1. The molecule has 0 fully saturated rings. The Morgan fingerprint density at radius 1 is 0.867 bits per heavy atom. The van der Waals surface area contributed by atoms with E-state index < -0.39 is 6.10 Å². The molecule has 1 heterocycles. The van der Waals surface area contributed by atoms with Crippen LogP contribution in [0.25, 0.3) is 11.3 Å². The largest absolute Gasteiger partial charge is 0.387 e. The molecule has 152 valence electrons. The molecule has 4 aromatic rings. The number of benzene rings is 3. The summed E-state index contributed by atoms with van der Waals surface area (Å²) in [6.45, 7) is 3.68. The lowest BCUT2D eigenvalue weighted by Crippen LogP contribution is -2.21. The van der Waals surface area contributed by atoms with E-state index >= 15 is 0 Å². The van der Waals surface area contributed by atoms with Crippen molar-refractivity contribution in [1.29, 1.82) is 0 Å². The predicted molar refractivity (Wildman–Crippen MR) is 119 cm³/mol. The molecule has 0 saturated carbocycles. The van der Waals surface area contributed by atoms with Gasteiger partial charge < -0.3 is 10.4 Å². The summed E-state index contributed by atoms with van der Waals surface area (Å²) in [6, 6.07) is 28.2. The third kappa shape index (κ3) is 5.00. The van der Waals surface area contributed by atoms with Crippen molar-refractivity contribution in [3.63, 3.8) is 0 Å². The van der Waals surface area contributed by atoms with Crippen molar-refractivity contribution in [2.45, 2.75) is 26.1 Å². The van der Waals surface area contributed by atoms with E-state index in [9.17, 15) is 5.11 Å². The normalized spacial score (nSPS) is 12.1. The van der Waals surface area contributed by atoms with Crippen LogP contribution in [0.15, 0.2) is 84.9 Å². The zero-order valence-corrected chi connectivity index (χ0v) is 17.1. The van der Waals surface area contributed by atoms with Gasteiger partial charge in [-0.25, -0.2) is 0 Å². The number of hydrogen-bond acceptors (Lipinski definition) is 4. The summed E-state index contributed by atoms with van der Waals surface area (Å²) >= 11 is 0. The van der Waals surface area contributed by atoms with Crippen LogP contribution in [0.2, 0.25) is 0 Å². The summed E-state index contributed by atoms with van der Waals surface area (Å²) in [7, 11) is 0. The summed E-state index contributed by atoms with van der Waals surface area (Å²) in [5.41, 5.74) is 6.07. The molecule has 2 N–H and O–H groups in total. The first kappa shape index (κ1) is 20.0. The lowest BCUT2D eigenvalue weighted by atomic mass is 10.1. The minimum absolute atomic E-state index is 0.447. The van der Waals surface area contributed by atoms with Crippen LogP contribution in [0.3, 0.4) is 0 Å². The van der Waals surface area contributed by atoms with Gasteiger partial charge in [-0.1, -0.05) is 90.5 Å². The van der Waals surface area contributed by atoms with Crippen molar-refractivity contribution >= 4 is 0 Å². The quantitative estimate of drug-likeness (QED) is 0.469. The molecule has 0 saturated heterocycles. The van der Waals surface area contributed by atoms with E-state index in [2.05, 4.69) is 36.5 Å². The molecule has 0 aliphatic rings. The topological polar surface area (TPSA) is 63.0 Å². The van der Waals surface area contributed by atoms with Gasteiger partial charge in [0, 0.05) is 18.7 Å². The zero-order chi connectivity index (χ0) is 20.8. The van der Waals surface area contributed by atoms with Crippen molar-refractivity contribution in [2.75, 3.05) is 6.54 Å². The predicted octanol–water partition coefficient (Wildman–Crippen LogP) is 4.13. The molecule has 5 nitrogen and oxygen atoms in total. The Hall–Kier alpha value is -3.28. The Morgan fingerprint density at radius 2 is 1.53 bits per heavy atom. The second-order valence-electron chi connectivity index (χ2n) is 7.43. The third-order valence-corrected chi connectivity index (χ3v) is 5.03. The van der Waals surface area contributed by atoms with Crippen LogP contribution < -0.4 is 5.32 Å². The first-order valence-corrected chi connectivity index (χ1v) is 10.2. The second kappa shape index (κ2) is 9.48. The molecule has 0 bridgehead atoms. The number of rotatable bonds is 8. The summed E-state index contributed by atoms with van der Waals surface area (Å²) in [6.07, 6.45) is -0.561. The van der Waals surface area contributed by atoms with Crippen LogP contribution in [0.1, 0.15) is 28.5 Å². The number of hydrogen-bond donors (Lipinski definition) is 2. The van der Waals surface area contributed by atoms with Crippen molar-refractivity contribution < 1.29 is 5.11 Å². The number of nitrogens with one attached hydrogen (secondary N) is 1. The average Bonchev–Trinajstić information content (AvgIpc) is 3.19. The van der Waals surface area contributed by atoms with Gasteiger partial charge in [-0.15, -0.1) is 0 Å². The van der Waals surface area contributed by atoms with Crippen molar-refractivity contribution in [3.05, 3.63) is 107 Å². The molecule has 30 heavy (non-hydrogen) atoms. The highest BCUT2D eigenvalue weighted by atomic mass is 16.3. The average molecular weight is 399 g/mol. The fourth-order valence-electron chi connectivity index (χ4n) is 3.37. The Morgan fingerprint density at radius 3 is 2.23 bits per heavy atom. The highest BCUT2D eigenvalue weighted by molar-refractivity contribution is 5.60. The number of nitrogens with zero attached hydrogens (tertiary/aromatic N) is 3. The van der Waals surface area contributed by atoms with E-state index in [1.54, 1.807) is 4.80 Å². The summed E-state index contributed by atoms with van der Waals surface area (Å²) in [5, 5.41) is 23.2. The molecular weight excluding hydrogens is 372 g/mol. The number of aromatic nitrogens is 3. The molecule has 5 heteroatoms. The molecule has 0 aliphatic heterocycles. The molecule has 3 aromatic carbocycles. The SMILES string of the molecule is Cc1ccc(Cn2nc(CNC[C@@H](O)c3ccccc3)c(-c3ccccc3)n2)cc1. The van der Waals surface area contributed by atoms with Crippen molar-refractivity contribution in [1.82, 2.24) is 20.3 Å². The molecule has 1 aromatic heterocycles. The molecule has 1 atom stereocenters. The van der Waals surface area contributed by atoms with Crippen molar-refractivity contribution in [2.24, 2.45) is 0 Å². The minimum atomic E-state index is -0.561. The maximum atomic E-state index is 10.4. The lowest BCUT2D eigenvalue weighted by molar-refractivity contribution is 0.174. The van der Waals surface area contributed by atoms with Gasteiger partial charge in [0.25, 0.3) is 0 Å².